The minimum Gasteiger partial charge on any atom is -0.508 e. The molecule has 1 aromatic carbocycles. The van der Waals surface area contributed by atoms with Crippen LogP contribution in [0.15, 0.2) is 30.4 Å². The summed E-state index contributed by atoms with van der Waals surface area (Å²) in [6, 6.07) is 4.67. The Balaban J connectivity index is 2.81. The molecule has 0 fully saturated rings. The predicted octanol–water partition coefficient (Wildman–Crippen LogP) is 2.18. The van der Waals surface area contributed by atoms with E-state index in [2.05, 4.69) is 0 Å². The van der Waals surface area contributed by atoms with E-state index < -0.39 is 5.97 Å². The Morgan fingerprint density at radius 3 is 2.71 bits per heavy atom. The van der Waals surface area contributed by atoms with Crippen LogP contribution >= 0.6 is 0 Å². The maximum Gasteiger partial charge on any atom is 0.335 e. The number of rotatable bonds is 2. The molecule has 14 heavy (non-hydrogen) atoms. The van der Waals surface area contributed by atoms with Gasteiger partial charge in [-0.15, -0.1) is 0 Å². The second kappa shape index (κ2) is 4.46. The van der Waals surface area contributed by atoms with Crippen molar-refractivity contribution in [3.8, 4) is 11.5 Å². The molecule has 0 bridgehead atoms. The van der Waals surface area contributed by atoms with Crippen LogP contribution in [0.3, 0.4) is 0 Å². The van der Waals surface area contributed by atoms with E-state index in [4.69, 9.17) is 4.74 Å². The first-order valence-corrected chi connectivity index (χ1v) is 4.27. The molecule has 0 unspecified atom stereocenters. The maximum absolute atomic E-state index is 11.0. The third-order valence-electron chi connectivity index (χ3n) is 1.56. The number of ether oxygens (including phenoxy) is 1. The van der Waals surface area contributed by atoms with Crippen molar-refractivity contribution in [2.45, 2.75) is 13.8 Å². The first-order chi connectivity index (χ1) is 6.61. The smallest absolute Gasteiger partial charge is 0.335 e. The zero-order valence-corrected chi connectivity index (χ0v) is 8.15. The van der Waals surface area contributed by atoms with Gasteiger partial charge in [0.1, 0.15) is 11.5 Å². The minimum atomic E-state index is -0.447. The van der Waals surface area contributed by atoms with Crippen LogP contribution in [0.1, 0.15) is 12.5 Å². The lowest BCUT2D eigenvalue weighted by Crippen LogP contribution is -2.03. The van der Waals surface area contributed by atoms with Gasteiger partial charge in [0.25, 0.3) is 0 Å². The van der Waals surface area contributed by atoms with Gasteiger partial charge in [-0.2, -0.15) is 0 Å². The summed E-state index contributed by atoms with van der Waals surface area (Å²) in [6.45, 7) is 3.54. The van der Waals surface area contributed by atoms with Gasteiger partial charge in [-0.1, -0.05) is 6.08 Å². The molecule has 0 aliphatic carbocycles. The molecule has 0 saturated heterocycles. The highest BCUT2D eigenvalue weighted by molar-refractivity contribution is 5.83. The topological polar surface area (TPSA) is 46.5 Å². The van der Waals surface area contributed by atoms with E-state index >= 15 is 0 Å². The third-order valence-corrected chi connectivity index (χ3v) is 1.56. The van der Waals surface area contributed by atoms with Crippen molar-refractivity contribution in [2.24, 2.45) is 0 Å². The van der Waals surface area contributed by atoms with Crippen molar-refractivity contribution >= 4 is 5.97 Å². The molecule has 1 rings (SSSR count). The van der Waals surface area contributed by atoms with Gasteiger partial charge >= 0.3 is 5.97 Å². The van der Waals surface area contributed by atoms with E-state index in [1.54, 1.807) is 25.1 Å². The number of carbonyl (C=O) groups excluding carboxylic acids is 1. The van der Waals surface area contributed by atoms with Crippen LogP contribution in [0.25, 0.3) is 0 Å². The number of esters is 1. The number of allylic oxidation sites excluding steroid dienone is 1. The zero-order chi connectivity index (χ0) is 10.6. The molecular weight excluding hydrogens is 180 g/mol. The van der Waals surface area contributed by atoms with Crippen molar-refractivity contribution in [2.75, 3.05) is 0 Å². The molecule has 1 N–H and O–H groups in total. The van der Waals surface area contributed by atoms with Crippen LogP contribution in [0.2, 0.25) is 0 Å². The quantitative estimate of drug-likeness (QED) is 0.444. The summed E-state index contributed by atoms with van der Waals surface area (Å²) in [4.78, 5) is 11.0. The number of aromatic hydroxyl groups is 1. The van der Waals surface area contributed by atoms with Crippen LogP contribution in [-0.4, -0.2) is 11.1 Å². The number of phenolic OH excluding ortho intramolecular Hbond substituents is 1. The van der Waals surface area contributed by atoms with Crippen molar-refractivity contribution in [3.05, 3.63) is 35.9 Å². The predicted molar refractivity (Wildman–Crippen MR) is 53.3 cm³/mol. The molecule has 74 valence electrons. The molecule has 0 amide bonds. The second-order valence-corrected chi connectivity index (χ2v) is 2.93. The molecule has 0 atom stereocenters. The van der Waals surface area contributed by atoms with Gasteiger partial charge in [-0.3, -0.25) is 0 Å². The fraction of sp³-hybridized carbons (Fsp3) is 0.182. The van der Waals surface area contributed by atoms with E-state index in [-0.39, 0.29) is 5.75 Å². The number of hydrogen-bond acceptors (Lipinski definition) is 3. The van der Waals surface area contributed by atoms with Gasteiger partial charge < -0.3 is 9.84 Å². The summed E-state index contributed by atoms with van der Waals surface area (Å²) in [5.74, 6) is -0.00335. The Bertz CT molecular complexity index is 347. The van der Waals surface area contributed by atoms with E-state index in [1.807, 2.05) is 6.92 Å². The molecule has 3 heteroatoms. The SMILES string of the molecule is C/C=C/C(=O)Oc1cc(C)cc(O)c1. The fourth-order valence-electron chi connectivity index (χ4n) is 1.07. The number of phenols is 1. The Hall–Kier alpha value is -1.77. The standard InChI is InChI=1S/C11H12O3/c1-3-4-11(13)14-10-6-8(2)5-9(12)7-10/h3-7,12H,1-2H3/b4-3+. The van der Waals surface area contributed by atoms with Gasteiger partial charge in [0.05, 0.1) is 0 Å². The van der Waals surface area contributed by atoms with Gasteiger partial charge in [-0.05, 0) is 31.5 Å². The van der Waals surface area contributed by atoms with Gasteiger partial charge in [0, 0.05) is 12.1 Å². The van der Waals surface area contributed by atoms with Crippen molar-refractivity contribution in [1.82, 2.24) is 0 Å². The number of carbonyl (C=O) groups is 1. The average Bonchev–Trinajstić information content (AvgIpc) is 2.01. The largest absolute Gasteiger partial charge is 0.508 e. The highest BCUT2D eigenvalue weighted by Gasteiger charge is 2.02. The first-order valence-electron chi connectivity index (χ1n) is 4.27. The first kappa shape index (κ1) is 10.3. The lowest BCUT2D eigenvalue weighted by molar-refractivity contribution is -0.128. The monoisotopic (exact) mass is 192 g/mol. The van der Waals surface area contributed by atoms with Gasteiger partial charge in [0.2, 0.25) is 0 Å². The Labute approximate surface area is 82.6 Å². The summed E-state index contributed by atoms with van der Waals surface area (Å²) in [7, 11) is 0. The Morgan fingerprint density at radius 1 is 1.43 bits per heavy atom. The highest BCUT2D eigenvalue weighted by Crippen LogP contribution is 2.21. The summed E-state index contributed by atoms with van der Waals surface area (Å²) in [5.41, 5.74) is 0.841. The minimum absolute atomic E-state index is 0.0910. The summed E-state index contributed by atoms with van der Waals surface area (Å²) in [5, 5.41) is 9.23. The molecule has 0 aliphatic heterocycles. The number of aryl methyl sites for hydroxylation is 1. The summed E-state index contributed by atoms with van der Waals surface area (Å²) < 4.78 is 4.93. The third kappa shape index (κ3) is 2.94. The normalized spacial score (nSPS) is 10.4. The van der Waals surface area contributed by atoms with E-state index in [9.17, 15) is 9.90 Å². The van der Waals surface area contributed by atoms with Crippen LogP contribution in [0, 0.1) is 6.92 Å². The van der Waals surface area contributed by atoms with Gasteiger partial charge in [0.15, 0.2) is 0 Å². The Kier molecular flexibility index (Phi) is 3.29. The van der Waals surface area contributed by atoms with Gasteiger partial charge in [-0.25, -0.2) is 4.79 Å². The van der Waals surface area contributed by atoms with E-state index in [0.717, 1.165) is 5.56 Å². The molecule has 3 nitrogen and oxygen atoms in total. The second-order valence-electron chi connectivity index (χ2n) is 2.93. The lowest BCUT2D eigenvalue weighted by atomic mass is 10.2. The molecule has 0 radical (unpaired) electrons. The van der Waals surface area contributed by atoms with Crippen LogP contribution in [-0.2, 0) is 4.79 Å². The van der Waals surface area contributed by atoms with Crippen molar-refractivity contribution in [3.63, 3.8) is 0 Å². The van der Waals surface area contributed by atoms with Crippen molar-refractivity contribution < 1.29 is 14.6 Å². The molecular formula is C11H12O3. The molecule has 1 aromatic rings. The van der Waals surface area contributed by atoms with Crippen LogP contribution in [0.4, 0.5) is 0 Å². The molecule has 0 spiro atoms. The zero-order valence-electron chi connectivity index (χ0n) is 8.15. The number of benzene rings is 1. The lowest BCUT2D eigenvalue weighted by Gasteiger charge is -2.03. The average molecular weight is 192 g/mol. The van der Waals surface area contributed by atoms with Crippen LogP contribution < -0.4 is 4.74 Å². The molecule has 0 aliphatic rings. The van der Waals surface area contributed by atoms with E-state index in [1.165, 1.54) is 12.1 Å². The summed E-state index contributed by atoms with van der Waals surface area (Å²) >= 11 is 0. The number of hydrogen-bond donors (Lipinski definition) is 1. The Morgan fingerprint density at radius 2 is 2.14 bits per heavy atom. The molecule has 0 aromatic heterocycles. The molecule has 0 heterocycles. The van der Waals surface area contributed by atoms with E-state index in [0.29, 0.717) is 5.75 Å². The van der Waals surface area contributed by atoms with Crippen molar-refractivity contribution in [1.29, 1.82) is 0 Å². The molecule has 0 saturated carbocycles. The summed E-state index contributed by atoms with van der Waals surface area (Å²) in [6.07, 6.45) is 2.91. The fourth-order valence-corrected chi connectivity index (χ4v) is 1.07. The highest BCUT2D eigenvalue weighted by atomic mass is 16.5. The van der Waals surface area contributed by atoms with Crippen LogP contribution in [0.5, 0.6) is 11.5 Å². The maximum atomic E-state index is 11.0.